The van der Waals surface area contributed by atoms with E-state index in [-0.39, 0.29) is 5.43 Å². The van der Waals surface area contributed by atoms with Crippen molar-refractivity contribution in [1.82, 2.24) is 0 Å². The maximum absolute atomic E-state index is 13.1. The molecule has 30 heavy (non-hydrogen) atoms. The van der Waals surface area contributed by atoms with Crippen molar-refractivity contribution in [3.8, 4) is 22.8 Å². The largest absolute Gasteiger partial charge is 0.493 e. The molecule has 0 unspecified atom stereocenters. The summed E-state index contributed by atoms with van der Waals surface area (Å²) >= 11 is 1.60. The van der Waals surface area contributed by atoms with Crippen molar-refractivity contribution in [3.05, 3.63) is 82.0 Å². The van der Waals surface area contributed by atoms with E-state index in [0.717, 1.165) is 26.5 Å². The third-order valence-corrected chi connectivity index (χ3v) is 6.19. The summed E-state index contributed by atoms with van der Waals surface area (Å²) < 4.78 is 17.1. The van der Waals surface area contributed by atoms with Gasteiger partial charge in [0, 0.05) is 16.5 Å². The number of benzene rings is 3. The van der Waals surface area contributed by atoms with Crippen molar-refractivity contribution in [2.24, 2.45) is 0 Å². The Hall–Kier alpha value is -3.18. The molecule has 0 amide bonds. The summed E-state index contributed by atoms with van der Waals surface area (Å²) in [6.45, 7) is 3.99. The van der Waals surface area contributed by atoms with Gasteiger partial charge in [0.15, 0.2) is 22.5 Å². The van der Waals surface area contributed by atoms with Crippen LogP contribution in [0, 0.1) is 13.8 Å². The monoisotopic (exact) mass is 418 g/mol. The second kappa shape index (κ2) is 8.28. The van der Waals surface area contributed by atoms with Gasteiger partial charge in [0.05, 0.1) is 24.5 Å². The van der Waals surface area contributed by atoms with E-state index in [1.165, 1.54) is 0 Å². The highest BCUT2D eigenvalue weighted by atomic mass is 32.2. The van der Waals surface area contributed by atoms with Crippen molar-refractivity contribution >= 4 is 22.7 Å². The van der Waals surface area contributed by atoms with E-state index in [1.807, 2.05) is 62.4 Å². The molecule has 3 aromatic carbocycles. The van der Waals surface area contributed by atoms with E-state index >= 15 is 0 Å². The number of hydrogen-bond acceptors (Lipinski definition) is 5. The molecule has 152 valence electrons. The number of methoxy groups -OCH3 is 2. The first-order valence-electron chi connectivity index (χ1n) is 9.55. The van der Waals surface area contributed by atoms with Gasteiger partial charge in [0.25, 0.3) is 0 Å². The predicted molar refractivity (Wildman–Crippen MR) is 121 cm³/mol. The number of ether oxygens (including phenoxy) is 2. The fourth-order valence-electron chi connectivity index (χ4n) is 3.53. The zero-order chi connectivity index (χ0) is 21.3. The molecule has 0 N–H and O–H groups in total. The minimum Gasteiger partial charge on any atom is -0.493 e. The molecule has 5 heteroatoms. The zero-order valence-electron chi connectivity index (χ0n) is 17.3. The van der Waals surface area contributed by atoms with Gasteiger partial charge >= 0.3 is 0 Å². The predicted octanol–water partition coefficient (Wildman–Crippen LogP) is 6.25. The highest BCUT2D eigenvalue weighted by Gasteiger charge is 2.17. The van der Waals surface area contributed by atoms with Gasteiger partial charge in [-0.15, -0.1) is 0 Å². The van der Waals surface area contributed by atoms with E-state index in [2.05, 4.69) is 0 Å². The Morgan fingerprint density at radius 2 is 1.57 bits per heavy atom. The van der Waals surface area contributed by atoms with E-state index in [9.17, 15) is 4.79 Å². The number of fused-ring (bicyclic) bond motifs is 1. The maximum atomic E-state index is 13.1. The molecule has 0 bridgehead atoms. The minimum atomic E-state index is -0.0616. The van der Waals surface area contributed by atoms with Crippen LogP contribution in [0.5, 0.6) is 11.5 Å². The Labute approximate surface area is 179 Å². The van der Waals surface area contributed by atoms with Crippen molar-refractivity contribution in [2.75, 3.05) is 14.2 Å². The molecule has 0 fully saturated rings. The number of rotatable bonds is 5. The Bertz CT molecular complexity index is 1280. The smallest absolute Gasteiger partial charge is 0.193 e. The molecule has 0 aliphatic rings. The fraction of sp³-hybridized carbons (Fsp3) is 0.160. The van der Waals surface area contributed by atoms with Crippen LogP contribution < -0.4 is 14.9 Å². The minimum absolute atomic E-state index is 0.0616. The lowest BCUT2D eigenvalue weighted by molar-refractivity contribution is 0.355. The lowest BCUT2D eigenvalue weighted by atomic mass is 10.0. The van der Waals surface area contributed by atoms with E-state index in [1.54, 1.807) is 38.1 Å². The average molecular weight is 419 g/mol. The van der Waals surface area contributed by atoms with Gasteiger partial charge in [-0.25, -0.2) is 0 Å². The fourth-order valence-corrected chi connectivity index (χ4v) is 4.52. The zero-order valence-corrected chi connectivity index (χ0v) is 18.1. The summed E-state index contributed by atoms with van der Waals surface area (Å²) in [5, 5.41) is 0.614. The van der Waals surface area contributed by atoms with Crippen LogP contribution >= 0.6 is 11.8 Å². The van der Waals surface area contributed by atoms with Crippen LogP contribution in [0.4, 0.5) is 0 Å². The molecule has 0 aliphatic heterocycles. The summed E-state index contributed by atoms with van der Waals surface area (Å²) in [5.74, 6) is 1.70. The molecule has 0 spiro atoms. The van der Waals surface area contributed by atoms with Crippen molar-refractivity contribution in [2.45, 2.75) is 23.6 Å². The maximum Gasteiger partial charge on any atom is 0.193 e. The van der Waals surface area contributed by atoms with Crippen LogP contribution in [0.25, 0.3) is 22.3 Å². The topological polar surface area (TPSA) is 48.7 Å². The Morgan fingerprint density at radius 3 is 2.27 bits per heavy atom. The number of hydrogen-bond donors (Lipinski definition) is 0. The molecule has 0 radical (unpaired) electrons. The summed E-state index contributed by atoms with van der Waals surface area (Å²) in [5.41, 5.74) is 3.28. The molecule has 1 heterocycles. The quantitative estimate of drug-likeness (QED) is 0.384. The molecule has 0 atom stereocenters. The molecule has 0 aliphatic carbocycles. The summed E-state index contributed by atoms with van der Waals surface area (Å²) in [6, 6.07) is 19.1. The number of aryl methyl sites for hydroxylation is 2. The third kappa shape index (κ3) is 3.68. The molecule has 4 nitrogen and oxygen atoms in total. The van der Waals surface area contributed by atoms with Crippen LogP contribution in [-0.2, 0) is 0 Å². The molecule has 4 rings (SSSR count). The van der Waals surface area contributed by atoms with Crippen LogP contribution in [0.2, 0.25) is 0 Å². The molecule has 0 saturated carbocycles. The van der Waals surface area contributed by atoms with E-state index < -0.39 is 0 Å². The second-order valence-corrected chi connectivity index (χ2v) is 8.09. The van der Waals surface area contributed by atoms with Crippen LogP contribution in [-0.4, -0.2) is 14.2 Å². The lowest BCUT2D eigenvalue weighted by Crippen LogP contribution is -2.04. The first-order chi connectivity index (χ1) is 14.5. The van der Waals surface area contributed by atoms with Crippen LogP contribution in [0.1, 0.15) is 11.1 Å². The van der Waals surface area contributed by atoms with Crippen molar-refractivity contribution in [1.29, 1.82) is 0 Å². The van der Waals surface area contributed by atoms with Crippen molar-refractivity contribution in [3.63, 3.8) is 0 Å². The molecular weight excluding hydrogens is 396 g/mol. The van der Waals surface area contributed by atoms with Crippen LogP contribution in [0.3, 0.4) is 0 Å². The first-order valence-corrected chi connectivity index (χ1v) is 10.4. The SMILES string of the molecule is COc1ccc(-c2cc(=O)c3c(C)cc(C)c(Sc4ccccc4)c3o2)cc1OC. The van der Waals surface area contributed by atoms with Gasteiger partial charge < -0.3 is 13.9 Å². The highest BCUT2D eigenvalue weighted by molar-refractivity contribution is 7.99. The van der Waals surface area contributed by atoms with Gasteiger partial charge in [0.2, 0.25) is 0 Å². The normalized spacial score (nSPS) is 10.9. The highest BCUT2D eigenvalue weighted by Crippen LogP contribution is 2.39. The molecule has 4 aromatic rings. The van der Waals surface area contributed by atoms with E-state index in [4.69, 9.17) is 13.9 Å². The first kappa shape index (κ1) is 20.1. The van der Waals surface area contributed by atoms with Gasteiger partial charge in [-0.1, -0.05) is 36.0 Å². The van der Waals surface area contributed by atoms with Gasteiger partial charge in [-0.3, -0.25) is 4.79 Å². The Kier molecular flexibility index (Phi) is 5.55. The Morgan fingerprint density at radius 1 is 0.833 bits per heavy atom. The molecule has 1 aromatic heterocycles. The van der Waals surface area contributed by atoms with Gasteiger partial charge in [-0.05, 0) is 55.3 Å². The average Bonchev–Trinajstić information content (AvgIpc) is 2.76. The van der Waals surface area contributed by atoms with Crippen molar-refractivity contribution < 1.29 is 13.9 Å². The van der Waals surface area contributed by atoms with E-state index in [0.29, 0.717) is 28.2 Å². The summed E-state index contributed by atoms with van der Waals surface area (Å²) in [7, 11) is 3.17. The summed E-state index contributed by atoms with van der Waals surface area (Å²) in [6.07, 6.45) is 0. The Balaban J connectivity index is 1.94. The molecule has 0 saturated heterocycles. The van der Waals surface area contributed by atoms with Crippen LogP contribution in [0.15, 0.2) is 79.7 Å². The van der Waals surface area contributed by atoms with Gasteiger partial charge in [0.1, 0.15) is 5.76 Å². The third-order valence-electron chi connectivity index (χ3n) is 4.97. The lowest BCUT2D eigenvalue weighted by Gasteiger charge is -2.13. The van der Waals surface area contributed by atoms with Gasteiger partial charge in [-0.2, -0.15) is 0 Å². The molecular formula is C25H22O4S. The standard InChI is InChI=1S/C25H22O4S/c1-15-12-16(2)25(30-18-8-6-5-7-9-18)24-23(15)19(26)14-21(29-24)17-10-11-20(27-3)22(13-17)28-4/h5-14H,1-4H3. The summed E-state index contributed by atoms with van der Waals surface area (Å²) in [4.78, 5) is 15.1. The second-order valence-electron chi connectivity index (χ2n) is 7.00.